The van der Waals surface area contributed by atoms with Crippen molar-refractivity contribution < 1.29 is 0 Å². The lowest BCUT2D eigenvalue weighted by molar-refractivity contribution is 1.26. The molecule has 0 aromatic carbocycles. The van der Waals surface area contributed by atoms with Crippen LogP contribution >= 0.6 is 23.5 Å². The van der Waals surface area contributed by atoms with E-state index in [1.165, 1.54) is 12.2 Å². The average Bonchev–Trinajstić information content (AvgIpc) is 2.17. The second kappa shape index (κ2) is 0.984. The van der Waals surface area contributed by atoms with Crippen LogP contribution in [0.3, 0.4) is 0 Å². The van der Waals surface area contributed by atoms with Crippen LogP contribution in [0.5, 0.6) is 0 Å². The molecular weight excluding hydrogens is 112 g/mol. The van der Waals surface area contributed by atoms with Gasteiger partial charge in [0.2, 0.25) is 0 Å². The molecule has 0 bridgehead atoms. The SMILES string of the molecule is C1CC2=C(S1)S2. The number of thioether (sulfide) groups is 2. The molecule has 2 aliphatic rings. The van der Waals surface area contributed by atoms with Crippen molar-refractivity contribution in [3.63, 3.8) is 0 Å². The first kappa shape index (κ1) is 3.44. The molecule has 0 atom stereocenters. The fourth-order valence-corrected chi connectivity index (χ4v) is 2.91. The molecular formula is C4H4S2. The fourth-order valence-electron chi connectivity index (χ4n) is 0.586. The molecule has 32 valence electrons. The van der Waals surface area contributed by atoms with Crippen LogP contribution in [0.4, 0.5) is 0 Å². The lowest BCUT2D eigenvalue weighted by atomic mass is 10.5. The Morgan fingerprint density at radius 3 is 2.67 bits per heavy atom. The van der Waals surface area contributed by atoms with Gasteiger partial charge >= 0.3 is 0 Å². The van der Waals surface area contributed by atoms with Crippen molar-refractivity contribution in [1.29, 1.82) is 0 Å². The first-order valence-corrected chi connectivity index (χ1v) is 3.81. The summed E-state index contributed by atoms with van der Waals surface area (Å²) in [6, 6.07) is 0. The quantitative estimate of drug-likeness (QED) is 0.475. The van der Waals surface area contributed by atoms with E-state index in [1.54, 1.807) is 9.14 Å². The van der Waals surface area contributed by atoms with Crippen LogP contribution in [-0.4, -0.2) is 5.75 Å². The zero-order valence-corrected chi connectivity index (χ0v) is 4.86. The zero-order chi connectivity index (χ0) is 3.98. The molecule has 6 heavy (non-hydrogen) atoms. The minimum Gasteiger partial charge on any atom is -0.118 e. The summed E-state index contributed by atoms with van der Waals surface area (Å²) in [6.45, 7) is 0. The van der Waals surface area contributed by atoms with Gasteiger partial charge in [0.1, 0.15) is 0 Å². The smallest absolute Gasteiger partial charge is 0.0546 e. The number of hydrogen-bond acceptors (Lipinski definition) is 2. The Morgan fingerprint density at radius 1 is 1.50 bits per heavy atom. The number of allylic oxidation sites excluding steroid dienone is 1. The van der Waals surface area contributed by atoms with Gasteiger partial charge in [-0.2, -0.15) is 0 Å². The van der Waals surface area contributed by atoms with E-state index in [9.17, 15) is 0 Å². The van der Waals surface area contributed by atoms with Crippen LogP contribution < -0.4 is 0 Å². The highest BCUT2D eigenvalue weighted by Crippen LogP contribution is 2.59. The Hall–Kier alpha value is 0.440. The van der Waals surface area contributed by atoms with E-state index in [0.717, 1.165) is 0 Å². The molecule has 2 heterocycles. The van der Waals surface area contributed by atoms with Gasteiger partial charge in [0.25, 0.3) is 0 Å². The molecule has 2 rings (SSSR count). The van der Waals surface area contributed by atoms with Gasteiger partial charge in [-0.15, -0.1) is 11.8 Å². The summed E-state index contributed by atoms with van der Waals surface area (Å²) in [5.41, 5.74) is 0. The van der Waals surface area contributed by atoms with Gasteiger partial charge in [0.15, 0.2) is 0 Å². The highest BCUT2D eigenvalue weighted by atomic mass is 32.2. The number of rotatable bonds is 0. The standard InChI is InChI=1S/C4H4S2/c1-2-5-4-3(1)6-4/h1-2H2. The Bertz CT molecular complexity index is 103. The third kappa shape index (κ3) is 0.340. The maximum absolute atomic E-state index is 2.01. The Morgan fingerprint density at radius 2 is 2.50 bits per heavy atom. The molecule has 0 spiro atoms. The van der Waals surface area contributed by atoms with Crippen molar-refractivity contribution in [3.8, 4) is 0 Å². The second-order valence-corrected chi connectivity index (χ2v) is 3.88. The van der Waals surface area contributed by atoms with Crippen LogP contribution in [0, 0.1) is 0 Å². The van der Waals surface area contributed by atoms with Gasteiger partial charge in [0, 0.05) is 10.7 Å². The Labute approximate surface area is 45.4 Å². The van der Waals surface area contributed by atoms with E-state index in [1.807, 2.05) is 23.5 Å². The minimum atomic E-state index is 1.36. The summed E-state index contributed by atoms with van der Waals surface area (Å²) in [6.07, 6.45) is 1.37. The summed E-state index contributed by atoms with van der Waals surface area (Å²) in [4.78, 5) is 1.67. The Balaban J connectivity index is 2.29. The molecule has 2 heteroatoms. The van der Waals surface area contributed by atoms with Crippen LogP contribution in [0.1, 0.15) is 6.42 Å². The summed E-state index contributed by atoms with van der Waals surface area (Å²) in [5, 5.41) is 0. The minimum absolute atomic E-state index is 1.36. The molecule has 0 aromatic heterocycles. The molecule has 0 fully saturated rings. The van der Waals surface area contributed by atoms with Gasteiger partial charge in [-0.25, -0.2) is 0 Å². The molecule has 0 aromatic rings. The van der Waals surface area contributed by atoms with Crippen LogP contribution in [0.25, 0.3) is 0 Å². The molecule has 0 aliphatic carbocycles. The fraction of sp³-hybridized carbons (Fsp3) is 0.500. The third-order valence-corrected chi connectivity index (χ3v) is 3.50. The molecule has 0 amide bonds. The summed E-state index contributed by atoms with van der Waals surface area (Å²) in [5.74, 6) is 1.36. The van der Waals surface area contributed by atoms with Crippen molar-refractivity contribution in [3.05, 3.63) is 9.14 Å². The summed E-state index contributed by atoms with van der Waals surface area (Å²) >= 11 is 3.99. The predicted molar refractivity (Wildman–Crippen MR) is 31.7 cm³/mol. The maximum Gasteiger partial charge on any atom is 0.0546 e. The summed E-state index contributed by atoms with van der Waals surface area (Å²) in [7, 11) is 0. The second-order valence-electron chi connectivity index (χ2n) is 1.41. The third-order valence-electron chi connectivity index (χ3n) is 0.964. The Kier molecular flexibility index (Phi) is 0.565. The molecule has 0 N–H and O–H groups in total. The van der Waals surface area contributed by atoms with E-state index < -0.39 is 0 Å². The first-order chi connectivity index (χ1) is 2.97. The zero-order valence-electron chi connectivity index (χ0n) is 3.23. The molecule has 0 radical (unpaired) electrons. The predicted octanol–water partition coefficient (Wildman–Crippen LogP) is 2.04. The molecule has 2 aliphatic heterocycles. The van der Waals surface area contributed by atoms with E-state index in [4.69, 9.17) is 0 Å². The van der Waals surface area contributed by atoms with Gasteiger partial charge in [-0.05, 0) is 6.42 Å². The molecule has 0 saturated carbocycles. The number of hydrogen-bond donors (Lipinski definition) is 0. The molecule has 0 saturated heterocycles. The molecule has 0 unspecified atom stereocenters. The first-order valence-electron chi connectivity index (χ1n) is 2.00. The van der Waals surface area contributed by atoms with Crippen LogP contribution in [-0.2, 0) is 0 Å². The van der Waals surface area contributed by atoms with Gasteiger partial charge in [-0.3, -0.25) is 0 Å². The van der Waals surface area contributed by atoms with Gasteiger partial charge in [-0.1, -0.05) is 11.8 Å². The highest BCUT2D eigenvalue weighted by molar-refractivity contribution is 8.30. The van der Waals surface area contributed by atoms with E-state index in [2.05, 4.69) is 0 Å². The van der Waals surface area contributed by atoms with Crippen LogP contribution in [0.2, 0.25) is 0 Å². The van der Waals surface area contributed by atoms with E-state index >= 15 is 0 Å². The lowest BCUT2D eigenvalue weighted by Crippen LogP contribution is -1.65. The average molecular weight is 116 g/mol. The monoisotopic (exact) mass is 116 g/mol. The molecule has 0 nitrogen and oxygen atoms in total. The normalized spacial score (nSPS) is 28.0. The van der Waals surface area contributed by atoms with Crippen LogP contribution in [0.15, 0.2) is 9.14 Å². The van der Waals surface area contributed by atoms with Crippen molar-refractivity contribution in [2.24, 2.45) is 0 Å². The highest BCUT2D eigenvalue weighted by Gasteiger charge is 2.28. The maximum atomic E-state index is 2.01. The van der Waals surface area contributed by atoms with Crippen molar-refractivity contribution >= 4 is 23.5 Å². The van der Waals surface area contributed by atoms with Gasteiger partial charge in [0.05, 0.1) is 4.24 Å². The van der Waals surface area contributed by atoms with E-state index in [0.29, 0.717) is 0 Å². The summed E-state index contributed by atoms with van der Waals surface area (Å²) < 4.78 is 1.62. The topological polar surface area (TPSA) is 0 Å². The van der Waals surface area contributed by atoms with Crippen molar-refractivity contribution in [2.75, 3.05) is 5.75 Å². The van der Waals surface area contributed by atoms with Crippen molar-refractivity contribution in [1.82, 2.24) is 0 Å². The van der Waals surface area contributed by atoms with E-state index in [-0.39, 0.29) is 0 Å². The van der Waals surface area contributed by atoms with Gasteiger partial charge < -0.3 is 0 Å². The largest absolute Gasteiger partial charge is 0.118 e. The van der Waals surface area contributed by atoms with Crippen molar-refractivity contribution in [2.45, 2.75) is 6.42 Å². The lowest BCUT2D eigenvalue weighted by Gasteiger charge is -1.84.